The largest absolute Gasteiger partial charge is 0.487 e. The number of ether oxygens (including phenoxy) is 2. The maximum Gasteiger partial charge on any atom is 0.297 e. The predicted molar refractivity (Wildman–Crippen MR) is 60.1 cm³/mol. The highest BCUT2D eigenvalue weighted by Gasteiger charge is 2.10. The molecule has 0 bridgehead atoms. The minimum Gasteiger partial charge on any atom is -0.487 e. The summed E-state index contributed by atoms with van der Waals surface area (Å²) >= 11 is 1.58. The Bertz CT molecular complexity index is 507. The third-order valence-corrected chi connectivity index (χ3v) is 2.76. The van der Waals surface area contributed by atoms with Crippen LogP contribution in [-0.2, 0) is 6.61 Å². The van der Waals surface area contributed by atoms with Gasteiger partial charge in [0.2, 0.25) is 5.75 Å². The summed E-state index contributed by atoms with van der Waals surface area (Å²) in [6.45, 7) is 0.379. The van der Waals surface area contributed by atoms with Crippen LogP contribution in [0, 0.1) is 0 Å². The fraction of sp³-hybridized carbons (Fsp3) is 0.200. The van der Waals surface area contributed by atoms with Gasteiger partial charge in [0.25, 0.3) is 11.4 Å². The summed E-state index contributed by atoms with van der Waals surface area (Å²) in [7, 11) is 1.41. The van der Waals surface area contributed by atoms with Crippen LogP contribution in [0.25, 0.3) is 0 Å². The monoisotopic (exact) mass is 238 g/mol. The van der Waals surface area contributed by atoms with E-state index in [1.807, 2.05) is 17.5 Å². The van der Waals surface area contributed by atoms with Crippen molar-refractivity contribution in [1.82, 2.24) is 9.97 Å². The molecule has 0 saturated carbocycles. The maximum absolute atomic E-state index is 11.3. The molecule has 2 aromatic heterocycles. The molecular weight excluding hydrogens is 228 g/mol. The van der Waals surface area contributed by atoms with Gasteiger partial charge in [-0.05, 0) is 11.4 Å². The Labute approximate surface area is 95.7 Å². The maximum atomic E-state index is 11.3. The fourth-order valence-corrected chi connectivity index (χ4v) is 1.80. The van der Waals surface area contributed by atoms with Gasteiger partial charge in [0.1, 0.15) is 6.61 Å². The predicted octanol–water partition coefficient (Wildman–Crippen LogP) is 1.42. The van der Waals surface area contributed by atoms with Gasteiger partial charge >= 0.3 is 0 Å². The molecule has 0 aliphatic carbocycles. The lowest BCUT2D eigenvalue weighted by Crippen LogP contribution is -2.12. The molecule has 6 heteroatoms. The molecule has 16 heavy (non-hydrogen) atoms. The molecule has 0 aliphatic rings. The van der Waals surface area contributed by atoms with Crippen molar-refractivity contribution in [3.63, 3.8) is 0 Å². The number of nitrogens with one attached hydrogen (secondary N) is 1. The van der Waals surface area contributed by atoms with E-state index in [0.717, 1.165) is 4.88 Å². The first kappa shape index (κ1) is 10.7. The van der Waals surface area contributed by atoms with Crippen molar-refractivity contribution in [2.45, 2.75) is 6.61 Å². The average molecular weight is 238 g/mol. The number of hydrogen-bond donors (Lipinski definition) is 1. The van der Waals surface area contributed by atoms with Crippen LogP contribution in [-0.4, -0.2) is 17.1 Å². The normalized spacial score (nSPS) is 10.1. The van der Waals surface area contributed by atoms with Gasteiger partial charge < -0.3 is 14.5 Å². The highest BCUT2D eigenvalue weighted by atomic mass is 32.1. The molecule has 0 aromatic carbocycles. The van der Waals surface area contributed by atoms with Gasteiger partial charge in [-0.25, -0.2) is 4.98 Å². The first-order valence-corrected chi connectivity index (χ1v) is 5.46. The molecule has 0 radical (unpaired) electrons. The van der Waals surface area contributed by atoms with Crippen molar-refractivity contribution >= 4 is 11.3 Å². The first-order chi connectivity index (χ1) is 7.81. The zero-order valence-corrected chi connectivity index (χ0v) is 9.41. The van der Waals surface area contributed by atoms with E-state index in [-0.39, 0.29) is 17.2 Å². The molecule has 0 aliphatic heterocycles. The summed E-state index contributed by atoms with van der Waals surface area (Å²) in [5.41, 5.74) is -0.348. The van der Waals surface area contributed by atoms with Gasteiger partial charge in [0, 0.05) is 4.88 Å². The van der Waals surface area contributed by atoms with E-state index in [2.05, 4.69) is 9.97 Å². The van der Waals surface area contributed by atoms with Crippen molar-refractivity contribution in [1.29, 1.82) is 0 Å². The van der Waals surface area contributed by atoms with E-state index in [4.69, 9.17) is 9.47 Å². The second kappa shape index (κ2) is 4.80. The summed E-state index contributed by atoms with van der Waals surface area (Å²) in [5, 5.41) is 1.96. The number of aromatic nitrogens is 2. The molecule has 0 amide bonds. The van der Waals surface area contributed by atoms with E-state index >= 15 is 0 Å². The average Bonchev–Trinajstić information content (AvgIpc) is 2.79. The highest BCUT2D eigenvalue weighted by Crippen LogP contribution is 2.19. The third kappa shape index (κ3) is 2.22. The van der Waals surface area contributed by atoms with Gasteiger partial charge in [-0.2, -0.15) is 0 Å². The Kier molecular flexibility index (Phi) is 3.21. The van der Waals surface area contributed by atoms with Crippen LogP contribution in [0.1, 0.15) is 4.88 Å². The second-order valence-electron chi connectivity index (χ2n) is 2.94. The molecule has 0 atom stereocenters. The van der Waals surface area contributed by atoms with Crippen LogP contribution in [0.2, 0.25) is 0 Å². The minimum atomic E-state index is -0.348. The van der Waals surface area contributed by atoms with Gasteiger partial charge in [0.15, 0.2) is 0 Å². The van der Waals surface area contributed by atoms with Gasteiger partial charge in [0.05, 0.1) is 13.4 Å². The van der Waals surface area contributed by atoms with Crippen LogP contribution in [0.4, 0.5) is 0 Å². The number of thiophene rings is 1. The fourth-order valence-electron chi connectivity index (χ4n) is 1.19. The van der Waals surface area contributed by atoms with Crippen molar-refractivity contribution in [3.05, 3.63) is 39.1 Å². The summed E-state index contributed by atoms with van der Waals surface area (Å²) in [6, 6.07) is 3.89. The van der Waals surface area contributed by atoms with Gasteiger partial charge in [-0.1, -0.05) is 6.07 Å². The third-order valence-electron chi connectivity index (χ3n) is 1.91. The zero-order valence-electron chi connectivity index (χ0n) is 8.60. The van der Waals surface area contributed by atoms with Crippen molar-refractivity contribution in [3.8, 4) is 11.6 Å². The number of hydrogen-bond acceptors (Lipinski definition) is 5. The molecule has 0 fully saturated rings. The van der Waals surface area contributed by atoms with E-state index in [0.29, 0.717) is 6.61 Å². The molecule has 2 heterocycles. The summed E-state index contributed by atoms with van der Waals surface area (Å²) < 4.78 is 10.3. The second-order valence-corrected chi connectivity index (χ2v) is 3.97. The van der Waals surface area contributed by atoms with Gasteiger partial charge in [-0.15, -0.1) is 11.3 Å². The van der Waals surface area contributed by atoms with Crippen LogP contribution in [0.5, 0.6) is 11.6 Å². The molecule has 84 valence electrons. The highest BCUT2D eigenvalue weighted by molar-refractivity contribution is 7.09. The Morgan fingerprint density at radius 1 is 1.56 bits per heavy atom. The molecule has 0 unspecified atom stereocenters. The molecule has 0 saturated heterocycles. The van der Waals surface area contributed by atoms with E-state index in [9.17, 15) is 4.79 Å². The smallest absolute Gasteiger partial charge is 0.297 e. The lowest BCUT2D eigenvalue weighted by atomic mass is 10.5. The Morgan fingerprint density at radius 2 is 2.44 bits per heavy atom. The standard InChI is InChI=1S/C10H10N2O3S/c1-14-8-9(13)11-6-12-10(8)15-5-7-3-2-4-16-7/h2-4,6H,5H2,1H3,(H,11,12,13). The number of methoxy groups -OCH3 is 1. The Morgan fingerprint density at radius 3 is 3.12 bits per heavy atom. The lowest BCUT2D eigenvalue weighted by molar-refractivity contribution is 0.272. The summed E-state index contributed by atoms with van der Waals surface area (Å²) in [6.07, 6.45) is 1.29. The van der Waals surface area contributed by atoms with E-state index in [1.165, 1.54) is 13.4 Å². The number of aromatic amines is 1. The van der Waals surface area contributed by atoms with E-state index < -0.39 is 0 Å². The number of nitrogens with zero attached hydrogens (tertiary/aromatic N) is 1. The topological polar surface area (TPSA) is 64.2 Å². The van der Waals surface area contributed by atoms with Crippen LogP contribution in [0.15, 0.2) is 28.6 Å². The molecular formula is C10H10N2O3S. The quantitative estimate of drug-likeness (QED) is 0.874. The first-order valence-electron chi connectivity index (χ1n) is 4.58. The molecule has 1 N–H and O–H groups in total. The summed E-state index contributed by atoms with van der Waals surface area (Å²) in [4.78, 5) is 18.7. The van der Waals surface area contributed by atoms with Crippen molar-refractivity contribution < 1.29 is 9.47 Å². The van der Waals surface area contributed by atoms with Crippen LogP contribution >= 0.6 is 11.3 Å². The summed E-state index contributed by atoms with van der Waals surface area (Å²) in [5.74, 6) is 0.304. The number of H-pyrrole nitrogens is 1. The van der Waals surface area contributed by atoms with Crippen molar-refractivity contribution in [2.75, 3.05) is 7.11 Å². The van der Waals surface area contributed by atoms with Crippen LogP contribution < -0.4 is 15.0 Å². The minimum absolute atomic E-state index is 0.0963. The molecule has 0 spiro atoms. The van der Waals surface area contributed by atoms with Crippen molar-refractivity contribution in [2.24, 2.45) is 0 Å². The molecule has 2 aromatic rings. The zero-order chi connectivity index (χ0) is 11.4. The Balaban J connectivity index is 2.15. The lowest BCUT2D eigenvalue weighted by Gasteiger charge is -2.06. The number of rotatable bonds is 4. The van der Waals surface area contributed by atoms with E-state index in [1.54, 1.807) is 11.3 Å². The van der Waals surface area contributed by atoms with Crippen LogP contribution in [0.3, 0.4) is 0 Å². The molecule has 2 rings (SSSR count). The van der Waals surface area contributed by atoms with Gasteiger partial charge in [-0.3, -0.25) is 4.79 Å². The SMILES string of the molecule is COc1c(OCc2cccs2)nc[nH]c1=O. The molecule has 5 nitrogen and oxygen atoms in total. The Hall–Kier alpha value is -1.82.